The summed E-state index contributed by atoms with van der Waals surface area (Å²) in [7, 11) is -3.08. The molecule has 23 heavy (non-hydrogen) atoms. The van der Waals surface area contributed by atoms with Crippen LogP contribution in [0.2, 0.25) is 0 Å². The molecular weight excluding hydrogens is 312 g/mol. The summed E-state index contributed by atoms with van der Waals surface area (Å²) in [6, 6.07) is 8.37. The Labute approximate surface area is 138 Å². The Hall–Kier alpha value is -1.37. The molecule has 6 heteroatoms. The van der Waals surface area contributed by atoms with Gasteiger partial charge in [0.25, 0.3) is 0 Å². The second-order valence-corrected chi connectivity index (χ2v) is 8.49. The van der Waals surface area contributed by atoms with E-state index in [4.69, 9.17) is 4.74 Å². The van der Waals surface area contributed by atoms with Gasteiger partial charge in [0.1, 0.15) is 12.4 Å². The lowest BCUT2D eigenvalue weighted by Gasteiger charge is -2.36. The lowest BCUT2D eigenvalue weighted by molar-refractivity contribution is 0.222. The number of nitrogens with zero attached hydrogens (tertiary/aromatic N) is 1. The van der Waals surface area contributed by atoms with Crippen LogP contribution in [0, 0.1) is 5.92 Å². The molecule has 1 aromatic rings. The molecule has 0 aromatic heterocycles. The SMILES string of the molecule is CC1CN(S(C)(=O)=O)CCC1NCC1=Cc2ccccc2OC1. The van der Waals surface area contributed by atoms with Gasteiger partial charge in [0.05, 0.1) is 6.26 Å². The second-order valence-electron chi connectivity index (χ2n) is 6.50. The Morgan fingerprint density at radius 3 is 2.87 bits per heavy atom. The van der Waals surface area contributed by atoms with Crippen LogP contribution >= 0.6 is 0 Å². The van der Waals surface area contributed by atoms with Crippen molar-refractivity contribution in [1.29, 1.82) is 0 Å². The maximum absolute atomic E-state index is 11.6. The molecule has 0 spiro atoms. The number of ether oxygens (including phenoxy) is 1. The van der Waals surface area contributed by atoms with Gasteiger partial charge in [0, 0.05) is 31.2 Å². The largest absolute Gasteiger partial charge is 0.489 e. The van der Waals surface area contributed by atoms with Crippen molar-refractivity contribution in [2.45, 2.75) is 19.4 Å². The third-order valence-corrected chi connectivity index (χ3v) is 5.89. The number of piperidine rings is 1. The first-order chi connectivity index (χ1) is 10.9. The van der Waals surface area contributed by atoms with Crippen LogP contribution in [-0.4, -0.2) is 51.3 Å². The summed E-state index contributed by atoms with van der Waals surface area (Å²) < 4.78 is 30.6. The fraction of sp³-hybridized carbons (Fsp3) is 0.529. The molecule has 1 N–H and O–H groups in total. The van der Waals surface area contributed by atoms with Crippen LogP contribution in [0.1, 0.15) is 18.9 Å². The van der Waals surface area contributed by atoms with Gasteiger partial charge >= 0.3 is 0 Å². The fourth-order valence-corrected chi connectivity index (χ4v) is 4.18. The van der Waals surface area contributed by atoms with E-state index in [1.54, 1.807) is 4.31 Å². The summed E-state index contributed by atoms with van der Waals surface area (Å²) in [6.07, 6.45) is 4.32. The zero-order valence-corrected chi connectivity index (χ0v) is 14.5. The van der Waals surface area contributed by atoms with Crippen molar-refractivity contribution < 1.29 is 13.2 Å². The maximum Gasteiger partial charge on any atom is 0.211 e. The number of nitrogens with one attached hydrogen (secondary N) is 1. The highest BCUT2D eigenvalue weighted by Crippen LogP contribution is 2.26. The summed E-state index contributed by atoms with van der Waals surface area (Å²) in [5.74, 6) is 1.24. The lowest BCUT2D eigenvalue weighted by atomic mass is 9.95. The molecule has 1 aromatic carbocycles. The molecule has 3 rings (SSSR count). The van der Waals surface area contributed by atoms with Crippen molar-refractivity contribution in [2.75, 3.05) is 32.5 Å². The normalized spacial score (nSPS) is 25.4. The molecule has 2 heterocycles. The van der Waals surface area contributed by atoms with Gasteiger partial charge in [-0.1, -0.05) is 25.1 Å². The maximum atomic E-state index is 11.6. The van der Waals surface area contributed by atoms with E-state index < -0.39 is 10.0 Å². The fourth-order valence-electron chi connectivity index (χ4n) is 3.24. The van der Waals surface area contributed by atoms with Crippen LogP contribution in [0.15, 0.2) is 29.8 Å². The van der Waals surface area contributed by atoms with Gasteiger partial charge in [-0.05, 0) is 30.1 Å². The Morgan fingerprint density at radius 2 is 2.13 bits per heavy atom. The molecule has 0 bridgehead atoms. The molecule has 1 saturated heterocycles. The summed E-state index contributed by atoms with van der Waals surface area (Å²) in [4.78, 5) is 0. The number of rotatable bonds is 4. The smallest absolute Gasteiger partial charge is 0.211 e. The Balaban J connectivity index is 1.57. The van der Waals surface area contributed by atoms with Gasteiger partial charge in [0.2, 0.25) is 10.0 Å². The van der Waals surface area contributed by atoms with Crippen molar-refractivity contribution in [1.82, 2.24) is 9.62 Å². The molecule has 2 aliphatic rings. The first-order valence-corrected chi connectivity index (χ1v) is 9.88. The van der Waals surface area contributed by atoms with Gasteiger partial charge < -0.3 is 10.1 Å². The van der Waals surface area contributed by atoms with Gasteiger partial charge in [-0.25, -0.2) is 12.7 Å². The molecule has 0 radical (unpaired) electrons. The molecular formula is C17H24N2O3S. The van der Waals surface area contributed by atoms with E-state index in [9.17, 15) is 8.42 Å². The number of fused-ring (bicyclic) bond motifs is 1. The van der Waals surface area contributed by atoms with Gasteiger partial charge in [-0.2, -0.15) is 0 Å². The highest BCUT2D eigenvalue weighted by atomic mass is 32.2. The van der Waals surface area contributed by atoms with Crippen molar-refractivity contribution in [3.05, 3.63) is 35.4 Å². The van der Waals surface area contributed by atoms with E-state index in [1.807, 2.05) is 18.2 Å². The van der Waals surface area contributed by atoms with E-state index in [1.165, 1.54) is 11.8 Å². The molecule has 126 valence electrons. The lowest BCUT2D eigenvalue weighted by Crippen LogP contribution is -2.50. The topological polar surface area (TPSA) is 58.6 Å². The molecule has 2 aliphatic heterocycles. The average molecular weight is 336 g/mol. The van der Waals surface area contributed by atoms with E-state index >= 15 is 0 Å². The molecule has 0 amide bonds. The van der Waals surface area contributed by atoms with E-state index in [0.717, 1.165) is 24.3 Å². The molecule has 0 aliphatic carbocycles. The summed E-state index contributed by atoms with van der Waals surface area (Å²) >= 11 is 0. The Bertz CT molecular complexity index is 700. The molecule has 2 atom stereocenters. The van der Waals surface area contributed by atoms with Gasteiger partial charge in [-0.3, -0.25) is 0 Å². The van der Waals surface area contributed by atoms with Crippen LogP contribution in [0.5, 0.6) is 5.75 Å². The predicted molar refractivity (Wildman–Crippen MR) is 91.9 cm³/mol. The zero-order valence-electron chi connectivity index (χ0n) is 13.7. The first-order valence-electron chi connectivity index (χ1n) is 8.03. The third-order valence-electron chi connectivity index (χ3n) is 4.62. The molecule has 5 nitrogen and oxygen atoms in total. The first kappa shape index (κ1) is 16.5. The summed E-state index contributed by atoms with van der Waals surface area (Å²) in [5.41, 5.74) is 2.34. The van der Waals surface area contributed by atoms with Gasteiger partial charge in [-0.15, -0.1) is 0 Å². The van der Waals surface area contributed by atoms with Crippen molar-refractivity contribution in [2.24, 2.45) is 5.92 Å². The standard InChI is InChI=1S/C17H24N2O3S/c1-13-11-19(23(2,20)21)8-7-16(13)18-10-14-9-15-5-3-4-6-17(15)22-12-14/h3-6,9,13,16,18H,7-8,10-12H2,1-2H3. The van der Waals surface area contributed by atoms with Crippen molar-refractivity contribution >= 4 is 16.1 Å². The molecule has 1 fully saturated rings. The summed E-state index contributed by atoms with van der Waals surface area (Å²) in [6.45, 7) is 4.69. The summed E-state index contributed by atoms with van der Waals surface area (Å²) in [5, 5.41) is 3.57. The van der Waals surface area contributed by atoms with Crippen LogP contribution in [0.25, 0.3) is 6.08 Å². The Kier molecular flexibility index (Phi) is 4.75. The van der Waals surface area contributed by atoms with Crippen LogP contribution in [0.4, 0.5) is 0 Å². The van der Waals surface area contributed by atoms with E-state index in [-0.39, 0.29) is 0 Å². The van der Waals surface area contributed by atoms with Gasteiger partial charge in [0.15, 0.2) is 0 Å². The van der Waals surface area contributed by atoms with E-state index in [0.29, 0.717) is 31.7 Å². The highest BCUT2D eigenvalue weighted by Gasteiger charge is 2.30. The minimum atomic E-state index is -3.08. The average Bonchev–Trinajstić information content (AvgIpc) is 2.52. The molecule has 0 saturated carbocycles. The number of sulfonamides is 1. The monoisotopic (exact) mass is 336 g/mol. The quantitative estimate of drug-likeness (QED) is 0.910. The third kappa shape index (κ3) is 3.94. The van der Waals surface area contributed by atoms with E-state index in [2.05, 4.69) is 24.4 Å². The van der Waals surface area contributed by atoms with Crippen LogP contribution in [-0.2, 0) is 10.0 Å². The molecule has 2 unspecified atom stereocenters. The number of hydrogen-bond acceptors (Lipinski definition) is 4. The Morgan fingerprint density at radius 1 is 1.35 bits per heavy atom. The zero-order chi connectivity index (χ0) is 16.4. The number of hydrogen-bond donors (Lipinski definition) is 1. The minimum Gasteiger partial charge on any atom is -0.489 e. The minimum absolute atomic E-state index is 0.302. The number of benzene rings is 1. The van der Waals surface area contributed by atoms with Crippen molar-refractivity contribution in [3.63, 3.8) is 0 Å². The second kappa shape index (κ2) is 6.63. The van der Waals surface area contributed by atoms with Crippen molar-refractivity contribution in [3.8, 4) is 5.75 Å². The number of para-hydroxylation sites is 1. The highest BCUT2D eigenvalue weighted by molar-refractivity contribution is 7.88. The predicted octanol–water partition coefficient (Wildman–Crippen LogP) is 1.72. The van der Waals surface area contributed by atoms with Crippen LogP contribution < -0.4 is 10.1 Å². The van der Waals surface area contributed by atoms with Crippen LogP contribution in [0.3, 0.4) is 0 Å².